The molecule has 7 nitrogen and oxygen atoms in total. The molecule has 0 aliphatic carbocycles. The molecule has 2 heterocycles. The van der Waals surface area contributed by atoms with Crippen LogP contribution in [-0.2, 0) is 0 Å². The summed E-state index contributed by atoms with van der Waals surface area (Å²) >= 11 is 0. The number of imidazole rings is 1. The largest absolute Gasteiger partial charge is 0.476 e. The highest BCUT2D eigenvalue weighted by atomic mass is 19.1. The zero-order valence-electron chi connectivity index (χ0n) is 10.8. The molecule has 3 rings (SSSR count). The van der Waals surface area contributed by atoms with Crippen molar-refractivity contribution in [2.24, 2.45) is 0 Å². The second-order valence-corrected chi connectivity index (χ2v) is 4.32. The van der Waals surface area contributed by atoms with Gasteiger partial charge in [0, 0.05) is 5.56 Å². The van der Waals surface area contributed by atoms with E-state index in [1.54, 1.807) is 13.0 Å². The fourth-order valence-electron chi connectivity index (χ4n) is 1.85. The van der Waals surface area contributed by atoms with E-state index in [4.69, 9.17) is 9.63 Å². The molecule has 106 valence electrons. The summed E-state index contributed by atoms with van der Waals surface area (Å²) in [5.74, 6) is -1.30. The highest BCUT2D eigenvalue weighted by Gasteiger charge is 2.20. The second-order valence-electron chi connectivity index (χ2n) is 4.32. The molecule has 0 saturated carbocycles. The molecule has 0 saturated heterocycles. The molecule has 0 amide bonds. The first-order chi connectivity index (χ1) is 10.1. The van der Waals surface area contributed by atoms with Crippen LogP contribution in [0, 0.1) is 12.7 Å². The Morgan fingerprint density at radius 2 is 2.24 bits per heavy atom. The van der Waals surface area contributed by atoms with Gasteiger partial charge in [-0.15, -0.1) is 0 Å². The second kappa shape index (κ2) is 4.82. The third kappa shape index (κ3) is 2.27. The van der Waals surface area contributed by atoms with Crippen LogP contribution in [0.2, 0.25) is 0 Å². The van der Waals surface area contributed by atoms with Crippen molar-refractivity contribution < 1.29 is 18.8 Å². The lowest BCUT2D eigenvalue weighted by molar-refractivity contribution is 0.0691. The van der Waals surface area contributed by atoms with E-state index in [-0.39, 0.29) is 28.9 Å². The zero-order valence-corrected chi connectivity index (χ0v) is 10.8. The maximum absolute atomic E-state index is 13.2. The Bertz CT molecular complexity index is 824. The first-order valence-corrected chi connectivity index (χ1v) is 5.93. The summed E-state index contributed by atoms with van der Waals surface area (Å²) in [6.45, 7) is 1.62. The summed E-state index contributed by atoms with van der Waals surface area (Å²) in [7, 11) is 0. The predicted molar refractivity (Wildman–Crippen MR) is 69.0 cm³/mol. The number of aromatic carboxylic acids is 1. The Kier molecular flexibility index (Phi) is 2.98. The number of rotatable bonds is 3. The van der Waals surface area contributed by atoms with Gasteiger partial charge in [-0.25, -0.2) is 14.2 Å². The number of H-pyrrole nitrogens is 1. The molecule has 0 bridgehead atoms. The number of aromatic nitrogens is 4. The fraction of sp³-hybridized carbons (Fsp3) is 0.0769. The molecule has 8 heteroatoms. The fourth-order valence-corrected chi connectivity index (χ4v) is 1.85. The van der Waals surface area contributed by atoms with E-state index in [1.807, 2.05) is 0 Å². The molecule has 0 unspecified atom stereocenters. The van der Waals surface area contributed by atoms with Gasteiger partial charge in [0.2, 0.25) is 5.82 Å². The van der Waals surface area contributed by atoms with Crippen molar-refractivity contribution in [3.8, 4) is 23.0 Å². The van der Waals surface area contributed by atoms with Gasteiger partial charge >= 0.3 is 5.97 Å². The Morgan fingerprint density at radius 3 is 2.95 bits per heavy atom. The lowest BCUT2D eigenvalue weighted by Crippen LogP contribution is -1.99. The van der Waals surface area contributed by atoms with E-state index < -0.39 is 5.97 Å². The van der Waals surface area contributed by atoms with Gasteiger partial charge in [0.1, 0.15) is 11.5 Å². The minimum absolute atomic E-state index is 0.00174. The van der Waals surface area contributed by atoms with Gasteiger partial charge in [0.15, 0.2) is 5.69 Å². The van der Waals surface area contributed by atoms with E-state index in [1.165, 1.54) is 18.5 Å². The van der Waals surface area contributed by atoms with Crippen molar-refractivity contribution in [3.05, 3.63) is 41.6 Å². The standard InChI is InChI=1S/C13H9FN4O3/c1-6-4-7(2-3-8(6)14)11-17-12(21-18-11)9-10(13(19)20)16-5-15-9/h2-5H,1H3,(H,15,16)(H,19,20). The van der Waals surface area contributed by atoms with E-state index in [9.17, 15) is 9.18 Å². The number of hydrogen-bond donors (Lipinski definition) is 2. The summed E-state index contributed by atoms with van der Waals surface area (Å²) in [4.78, 5) is 21.4. The van der Waals surface area contributed by atoms with Gasteiger partial charge in [-0.3, -0.25) is 0 Å². The minimum Gasteiger partial charge on any atom is -0.476 e. The maximum atomic E-state index is 13.2. The number of hydrogen-bond acceptors (Lipinski definition) is 5. The molecule has 3 aromatic rings. The topological polar surface area (TPSA) is 105 Å². The SMILES string of the molecule is Cc1cc(-c2noc(-c3[nH]cnc3C(=O)O)n2)ccc1F. The Labute approximate surface area is 117 Å². The monoisotopic (exact) mass is 288 g/mol. The molecule has 0 aliphatic heterocycles. The van der Waals surface area contributed by atoms with Gasteiger partial charge in [-0.2, -0.15) is 4.98 Å². The first kappa shape index (κ1) is 13.0. The Balaban J connectivity index is 2.01. The van der Waals surface area contributed by atoms with Crippen molar-refractivity contribution in [3.63, 3.8) is 0 Å². The third-order valence-corrected chi connectivity index (χ3v) is 2.90. The minimum atomic E-state index is -1.20. The Morgan fingerprint density at radius 1 is 1.43 bits per heavy atom. The molecule has 0 atom stereocenters. The van der Waals surface area contributed by atoms with Crippen molar-refractivity contribution >= 4 is 5.97 Å². The van der Waals surface area contributed by atoms with Gasteiger partial charge in [0.25, 0.3) is 5.89 Å². The number of nitrogens with zero attached hydrogens (tertiary/aromatic N) is 3. The van der Waals surface area contributed by atoms with Crippen molar-refractivity contribution in [2.75, 3.05) is 0 Å². The summed E-state index contributed by atoms with van der Waals surface area (Å²) in [6, 6.07) is 4.40. The lowest BCUT2D eigenvalue weighted by atomic mass is 10.1. The summed E-state index contributed by atoms with van der Waals surface area (Å²) in [6.07, 6.45) is 1.23. The van der Waals surface area contributed by atoms with Crippen molar-refractivity contribution in [2.45, 2.75) is 6.92 Å². The number of benzene rings is 1. The first-order valence-electron chi connectivity index (χ1n) is 5.93. The highest BCUT2D eigenvalue weighted by molar-refractivity contribution is 5.91. The normalized spacial score (nSPS) is 10.8. The molecular formula is C13H9FN4O3. The lowest BCUT2D eigenvalue weighted by Gasteiger charge is -1.97. The van der Waals surface area contributed by atoms with E-state index in [2.05, 4.69) is 20.1 Å². The quantitative estimate of drug-likeness (QED) is 0.766. The van der Waals surface area contributed by atoms with Crippen LogP contribution in [0.1, 0.15) is 16.1 Å². The van der Waals surface area contributed by atoms with Gasteiger partial charge in [-0.1, -0.05) is 5.16 Å². The highest BCUT2D eigenvalue weighted by Crippen LogP contribution is 2.24. The van der Waals surface area contributed by atoms with Crippen molar-refractivity contribution in [1.82, 2.24) is 20.1 Å². The van der Waals surface area contributed by atoms with Crippen LogP contribution in [0.3, 0.4) is 0 Å². The number of carboxylic acid groups (broad SMARTS) is 1. The average molecular weight is 288 g/mol. The molecular weight excluding hydrogens is 279 g/mol. The number of aryl methyl sites for hydroxylation is 1. The van der Waals surface area contributed by atoms with E-state index >= 15 is 0 Å². The average Bonchev–Trinajstić information content (AvgIpc) is 3.09. The molecule has 21 heavy (non-hydrogen) atoms. The van der Waals surface area contributed by atoms with Crippen LogP contribution in [0.5, 0.6) is 0 Å². The van der Waals surface area contributed by atoms with Gasteiger partial charge < -0.3 is 14.6 Å². The molecule has 2 N–H and O–H groups in total. The van der Waals surface area contributed by atoms with E-state index in [0.29, 0.717) is 11.1 Å². The van der Waals surface area contributed by atoms with E-state index in [0.717, 1.165) is 0 Å². The third-order valence-electron chi connectivity index (χ3n) is 2.90. The molecule has 0 fully saturated rings. The summed E-state index contributed by atoms with van der Waals surface area (Å²) < 4.78 is 18.3. The molecule has 2 aromatic heterocycles. The predicted octanol–water partition coefficient (Wildman–Crippen LogP) is 2.27. The summed E-state index contributed by atoms with van der Waals surface area (Å²) in [5.41, 5.74) is 0.937. The summed E-state index contributed by atoms with van der Waals surface area (Å²) in [5, 5.41) is 12.8. The van der Waals surface area contributed by atoms with Crippen LogP contribution in [0.4, 0.5) is 4.39 Å². The van der Waals surface area contributed by atoms with Crippen LogP contribution < -0.4 is 0 Å². The smallest absolute Gasteiger partial charge is 0.356 e. The molecule has 0 radical (unpaired) electrons. The molecule has 1 aromatic carbocycles. The number of nitrogens with one attached hydrogen (secondary N) is 1. The number of halogens is 1. The maximum Gasteiger partial charge on any atom is 0.356 e. The van der Waals surface area contributed by atoms with Crippen LogP contribution in [-0.4, -0.2) is 31.2 Å². The van der Waals surface area contributed by atoms with Gasteiger partial charge in [0.05, 0.1) is 6.33 Å². The number of carbonyl (C=O) groups is 1. The molecule has 0 spiro atoms. The van der Waals surface area contributed by atoms with Crippen LogP contribution in [0.25, 0.3) is 23.0 Å². The van der Waals surface area contributed by atoms with Gasteiger partial charge in [-0.05, 0) is 30.7 Å². The van der Waals surface area contributed by atoms with Crippen LogP contribution >= 0.6 is 0 Å². The number of aromatic amines is 1. The van der Waals surface area contributed by atoms with Crippen LogP contribution in [0.15, 0.2) is 29.0 Å². The van der Waals surface area contributed by atoms with Crippen molar-refractivity contribution in [1.29, 1.82) is 0 Å². The zero-order chi connectivity index (χ0) is 15.0. The molecule has 0 aliphatic rings. The number of carboxylic acids is 1. The Hall–Kier alpha value is -3.03.